The van der Waals surface area contributed by atoms with Crippen molar-refractivity contribution in [3.63, 3.8) is 0 Å². The zero-order valence-corrected chi connectivity index (χ0v) is 26.2. The predicted molar refractivity (Wildman–Crippen MR) is 172 cm³/mol. The molecule has 0 aliphatic carbocycles. The van der Waals surface area contributed by atoms with Crippen molar-refractivity contribution in [1.29, 1.82) is 0 Å². The quantitative estimate of drug-likeness (QED) is 0.231. The maximum absolute atomic E-state index is 13.0. The molecular formula is C34H37N4O5S+. The first-order valence-electron chi connectivity index (χ1n) is 14.8. The summed E-state index contributed by atoms with van der Waals surface area (Å²) < 4.78 is 21.0. The monoisotopic (exact) mass is 613 g/mol. The third-order valence-corrected chi connectivity index (χ3v) is 9.08. The van der Waals surface area contributed by atoms with Gasteiger partial charge < -0.3 is 24.1 Å². The van der Waals surface area contributed by atoms with Gasteiger partial charge in [0.15, 0.2) is 0 Å². The van der Waals surface area contributed by atoms with Gasteiger partial charge in [-0.25, -0.2) is 9.69 Å². The van der Waals surface area contributed by atoms with E-state index in [9.17, 15) is 9.59 Å². The topological polar surface area (TPSA) is 86.4 Å². The maximum Gasteiger partial charge on any atom is 0.416 e. The third kappa shape index (κ3) is 5.97. The Morgan fingerprint density at radius 2 is 1.89 bits per heavy atom. The highest BCUT2D eigenvalue weighted by Crippen LogP contribution is 2.47. The number of anilines is 1. The zero-order chi connectivity index (χ0) is 31.1. The average Bonchev–Trinajstić information content (AvgIpc) is 3.64. The molecule has 2 aromatic carbocycles. The van der Waals surface area contributed by atoms with E-state index in [-0.39, 0.29) is 24.1 Å². The molecule has 2 saturated heterocycles. The Morgan fingerprint density at radius 3 is 2.61 bits per heavy atom. The molecule has 0 unspecified atom stereocenters. The van der Waals surface area contributed by atoms with E-state index < -0.39 is 11.3 Å². The number of aryl methyl sites for hydroxylation is 1. The maximum atomic E-state index is 13.0. The first kappa shape index (κ1) is 29.6. The summed E-state index contributed by atoms with van der Waals surface area (Å²) >= 11 is 1.62. The molecule has 9 nitrogen and oxygen atoms in total. The minimum atomic E-state index is -0.815. The van der Waals surface area contributed by atoms with Crippen LogP contribution in [0.25, 0.3) is 15.1 Å². The molecule has 6 rings (SSSR count). The van der Waals surface area contributed by atoms with E-state index in [2.05, 4.69) is 10.2 Å². The van der Waals surface area contributed by atoms with Crippen molar-refractivity contribution in [1.82, 2.24) is 9.47 Å². The average molecular weight is 614 g/mol. The van der Waals surface area contributed by atoms with Crippen LogP contribution in [0, 0.1) is 6.57 Å². The molecule has 44 heavy (non-hydrogen) atoms. The van der Waals surface area contributed by atoms with Crippen LogP contribution in [-0.4, -0.2) is 44.9 Å². The van der Waals surface area contributed by atoms with Gasteiger partial charge in [0.2, 0.25) is 0 Å². The van der Waals surface area contributed by atoms with Crippen molar-refractivity contribution in [3.05, 3.63) is 82.1 Å². The molecule has 0 radical (unpaired) electrons. The highest BCUT2D eigenvalue weighted by atomic mass is 32.1. The van der Waals surface area contributed by atoms with E-state index in [0.717, 1.165) is 22.2 Å². The van der Waals surface area contributed by atoms with Gasteiger partial charge in [-0.15, -0.1) is 11.3 Å². The van der Waals surface area contributed by atoms with Crippen LogP contribution < -0.4 is 14.8 Å². The number of carbonyl (C=O) groups is 2. The lowest BCUT2D eigenvalue weighted by atomic mass is 9.95. The number of aromatic nitrogens is 1. The van der Waals surface area contributed by atoms with E-state index in [0.29, 0.717) is 48.7 Å². The molecular weight excluding hydrogens is 576 g/mol. The van der Waals surface area contributed by atoms with Crippen LogP contribution in [0.1, 0.15) is 62.5 Å². The lowest BCUT2D eigenvalue weighted by Gasteiger charge is -2.38. The van der Waals surface area contributed by atoms with Gasteiger partial charge >= 0.3 is 11.8 Å². The number of hydrogen-bond acceptors (Lipinski definition) is 6. The standard InChI is InChI=1S/C34H36N4O5S/c1-33(2,3)43-32(40)38-24-13-15-34(38,35-4)20-27(18-24)42-26-11-9-25(10-12-26)41-21-22-7-6-8-23(17-22)36-31(39)29-19-30-28(37(29)5)14-16-44-30/h4,6-12,14,16-17,19,24,27H,13,15,18,20-21H2,1-3,5H3/p+1/t24-,27-,34+/m0/s1. The third-order valence-electron chi connectivity index (χ3n) is 8.22. The SMILES string of the molecule is C#[N+][C@@]12CC[C@@H](C[C@H](Oc3ccc(OCc4cccc(NC(=O)c5cc6sccc6n5C)c4)cc3)C1)N2C(=O)OC(C)(C)C. The summed E-state index contributed by atoms with van der Waals surface area (Å²) in [6, 6.07) is 19.0. The number of fused-ring (bicyclic) bond motifs is 3. The number of benzene rings is 2. The number of carbonyl (C=O) groups excluding carboxylic acids is 2. The highest BCUT2D eigenvalue weighted by Gasteiger charge is 2.63. The van der Waals surface area contributed by atoms with Crippen molar-refractivity contribution in [2.24, 2.45) is 7.05 Å². The van der Waals surface area contributed by atoms with Crippen molar-refractivity contribution in [3.8, 4) is 18.1 Å². The Labute approximate surface area is 261 Å². The van der Waals surface area contributed by atoms with E-state index in [1.807, 2.05) is 98.4 Å². The van der Waals surface area contributed by atoms with Gasteiger partial charge in [0.05, 0.1) is 23.1 Å². The molecule has 0 spiro atoms. The summed E-state index contributed by atoms with van der Waals surface area (Å²) in [6.07, 6.45) is 2.18. The summed E-state index contributed by atoms with van der Waals surface area (Å²) in [5, 5.41) is 5.02. The molecule has 2 aromatic heterocycles. The summed E-state index contributed by atoms with van der Waals surface area (Å²) in [4.78, 5) is 31.8. The van der Waals surface area contributed by atoms with Gasteiger partial charge in [0.25, 0.3) is 12.5 Å². The molecule has 3 atom stereocenters. The number of rotatable bonds is 7. The molecule has 0 saturated carbocycles. The van der Waals surface area contributed by atoms with Crippen molar-refractivity contribution in [2.75, 3.05) is 5.32 Å². The fraction of sp³-hybridized carbons (Fsp3) is 0.382. The molecule has 2 amide bonds. The van der Waals surface area contributed by atoms with Gasteiger partial charge in [-0.1, -0.05) is 17.0 Å². The van der Waals surface area contributed by atoms with Crippen LogP contribution in [-0.2, 0) is 18.4 Å². The van der Waals surface area contributed by atoms with E-state index in [1.165, 1.54) is 0 Å². The lowest BCUT2D eigenvalue weighted by molar-refractivity contribution is -0.0241. The number of ether oxygens (including phenoxy) is 3. The summed E-state index contributed by atoms with van der Waals surface area (Å²) in [5.41, 5.74) is 1.89. The zero-order valence-electron chi connectivity index (χ0n) is 25.4. The Bertz CT molecular complexity index is 1730. The molecule has 4 heterocycles. The normalized spacial score (nSPS) is 21.1. The molecule has 2 aliphatic rings. The van der Waals surface area contributed by atoms with E-state index in [1.54, 1.807) is 16.2 Å². The number of thiophene rings is 1. The van der Waals surface area contributed by atoms with Crippen molar-refractivity contribution >= 4 is 39.2 Å². The molecule has 228 valence electrons. The van der Waals surface area contributed by atoms with Crippen LogP contribution in [0.4, 0.5) is 10.5 Å². The summed E-state index contributed by atoms with van der Waals surface area (Å²) in [6.45, 7) is 11.8. The Morgan fingerprint density at radius 1 is 1.11 bits per heavy atom. The highest BCUT2D eigenvalue weighted by molar-refractivity contribution is 7.17. The fourth-order valence-corrected chi connectivity index (χ4v) is 7.09. The Kier molecular flexibility index (Phi) is 7.76. The van der Waals surface area contributed by atoms with Crippen LogP contribution in [0.2, 0.25) is 0 Å². The van der Waals surface area contributed by atoms with Gasteiger partial charge in [-0.2, -0.15) is 0 Å². The second kappa shape index (κ2) is 11.5. The first-order chi connectivity index (χ1) is 21.0. The van der Waals surface area contributed by atoms with E-state index >= 15 is 0 Å². The molecule has 10 heteroatoms. The molecule has 2 fully saturated rings. The number of nitrogens with one attached hydrogen (secondary N) is 1. The number of nitrogens with zero attached hydrogens (tertiary/aromatic N) is 3. The Balaban J connectivity index is 1.03. The Hall–Kier alpha value is -4.49. The van der Waals surface area contributed by atoms with Gasteiger partial charge in [0.1, 0.15) is 35.5 Å². The van der Waals surface area contributed by atoms with Crippen LogP contribution in [0.15, 0.2) is 66.0 Å². The minimum Gasteiger partial charge on any atom is -0.490 e. The minimum absolute atomic E-state index is 0.0385. The molecule has 1 N–H and O–H groups in total. The summed E-state index contributed by atoms with van der Waals surface area (Å²) in [7, 11) is 1.90. The number of amides is 2. The molecule has 2 aliphatic heterocycles. The van der Waals surface area contributed by atoms with Crippen molar-refractivity contribution < 1.29 is 23.8 Å². The van der Waals surface area contributed by atoms with Gasteiger partial charge in [-0.05, 0) is 86.7 Å². The number of hydrogen-bond donors (Lipinski definition) is 1. The predicted octanol–water partition coefficient (Wildman–Crippen LogP) is 7.67. The van der Waals surface area contributed by atoms with E-state index in [4.69, 9.17) is 20.8 Å². The van der Waals surface area contributed by atoms with Gasteiger partial charge in [-0.3, -0.25) is 4.79 Å². The van der Waals surface area contributed by atoms with Crippen LogP contribution >= 0.6 is 11.3 Å². The lowest BCUT2D eigenvalue weighted by Crippen LogP contribution is -2.56. The smallest absolute Gasteiger partial charge is 0.416 e. The molecule has 4 aromatic rings. The molecule has 2 bridgehead atoms. The second-order valence-electron chi connectivity index (χ2n) is 12.5. The number of piperidine rings is 1. The fourth-order valence-electron chi connectivity index (χ4n) is 6.24. The van der Waals surface area contributed by atoms with Crippen LogP contribution in [0.3, 0.4) is 0 Å². The first-order valence-corrected chi connectivity index (χ1v) is 15.7. The summed E-state index contributed by atoms with van der Waals surface area (Å²) in [5.74, 6) is 1.26. The van der Waals surface area contributed by atoms with Crippen molar-refractivity contribution in [2.45, 2.75) is 76.5 Å². The largest absolute Gasteiger partial charge is 0.490 e. The second-order valence-corrected chi connectivity index (χ2v) is 13.5. The van der Waals surface area contributed by atoms with Crippen LogP contribution in [0.5, 0.6) is 11.5 Å². The van der Waals surface area contributed by atoms with Gasteiger partial charge in [0, 0.05) is 25.2 Å².